The highest BCUT2D eigenvalue weighted by atomic mass is 16.5. The van der Waals surface area contributed by atoms with Gasteiger partial charge in [-0.2, -0.15) is 0 Å². The van der Waals surface area contributed by atoms with Crippen molar-refractivity contribution in [2.24, 2.45) is 0 Å². The fourth-order valence-corrected chi connectivity index (χ4v) is 2.13. The molecule has 0 aliphatic heterocycles. The summed E-state index contributed by atoms with van der Waals surface area (Å²) >= 11 is 0. The molecule has 20 heavy (non-hydrogen) atoms. The number of hydrogen-bond donors (Lipinski definition) is 1. The Morgan fingerprint density at radius 2 is 1.35 bits per heavy atom. The van der Waals surface area contributed by atoms with E-state index < -0.39 is 0 Å². The molecule has 1 N–H and O–H groups in total. The first-order valence-electron chi connectivity index (χ1n) is 7.91. The second kappa shape index (κ2) is 15.2. The normalized spacial score (nSPS) is 11.7. The zero-order valence-corrected chi connectivity index (χ0v) is 14.0. The molecule has 5 nitrogen and oxygen atoms in total. The third-order valence-corrected chi connectivity index (χ3v) is 3.54. The molecule has 0 aliphatic carbocycles. The van der Waals surface area contributed by atoms with Crippen molar-refractivity contribution in [3.63, 3.8) is 0 Å². The molecule has 0 aliphatic rings. The van der Waals surface area contributed by atoms with Gasteiger partial charge in [0, 0.05) is 60.1 Å². The van der Waals surface area contributed by atoms with Crippen LogP contribution in [-0.4, -0.2) is 89.6 Å². The molecule has 0 rings (SSSR count). The number of ether oxygens (including phenoxy) is 2. The Kier molecular flexibility index (Phi) is 15.0. The zero-order valence-electron chi connectivity index (χ0n) is 14.0. The van der Waals surface area contributed by atoms with Crippen LogP contribution in [0.3, 0.4) is 0 Å². The van der Waals surface area contributed by atoms with Gasteiger partial charge >= 0.3 is 0 Å². The number of hydrogen-bond acceptors (Lipinski definition) is 5. The van der Waals surface area contributed by atoms with Crippen molar-refractivity contribution in [1.29, 1.82) is 0 Å². The van der Waals surface area contributed by atoms with Gasteiger partial charge in [0.15, 0.2) is 0 Å². The van der Waals surface area contributed by atoms with Crippen molar-refractivity contribution in [1.82, 2.24) is 15.1 Å². The SMILES string of the molecule is CCN(CC)CCNCCN(CCCOC)CCOC. The van der Waals surface area contributed by atoms with Gasteiger partial charge in [-0.3, -0.25) is 4.90 Å². The monoisotopic (exact) mass is 289 g/mol. The molecular formula is C15H35N3O2. The molecule has 0 unspecified atom stereocenters. The highest BCUT2D eigenvalue weighted by Crippen LogP contribution is 1.92. The topological polar surface area (TPSA) is 37.0 Å². The summed E-state index contributed by atoms with van der Waals surface area (Å²) in [4.78, 5) is 4.88. The molecular weight excluding hydrogens is 254 g/mol. The summed E-state index contributed by atoms with van der Waals surface area (Å²) < 4.78 is 10.3. The standard InChI is InChI=1S/C15H35N3O2/c1-5-17(6-2)11-8-16-9-12-18(13-15-20-4)10-7-14-19-3/h16H,5-15H2,1-4H3. The van der Waals surface area contributed by atoms with E-state index in [1.807, 2.05) is 0 Å². The molecule has 0 radical (unpaired) electrons. The Bertz CT molecular complexity index is 190. The highest BCUT2D eigenvalue weighted by Gasteiger charge is 2.04. The fraction of sp³-hybridized carbons (Fsp3) is 1.00. The van der Waals surface area contributed by atoms with Crippen LogP contribution in [0.25, 0.3) is 0 Å². The van der Waals surface area contributed by atoms with Gasteiger partial charge < -0.3 is 19.7 Å². The van der Waals surface area contributed by atoms with Crippen LogP contribution in [0.5, 0.6) is 0 Å². The Morgan fingerprint density at radius 3 is 1.90 bits per heavy atom. The molecule has 0 atom stereocenters. The average molecular weight is 289 g/mol. The first kappa shape index (κ1) is 19.8. The van der Waals surface area contributed by atoms with Crippen LogP contribution in [0.15, 0.2) is 0 Å². The van der Waals surface area contributed by atoms with E-state index in [-0.39, 0.29) is 0 Å². The lowest BCUT2D eigenvalue weighted by molar-refractivity contribution is 0.133. The first-order chi connectivity index (χ1) is 9.78. The van der Waals surface area contributed by atoms with Crippen molar-refractivity contribution in [3.8, 4) is 0 Å². The van der Waals surface area contributed by atoms with Gasteiger partial charge in [0.25, 0.3) is 0 Å². The maximum Gasteiger partial charge on any atom is 0.0589 e. The molecule has 0 fully saturated rings. The smallest absolute Gasteiger partial charge is 0.0589 e. The maximum absolute atomic E-state index is 5.17. The van der Waals surface area contributed by atoms with Crippen molar-refractivity contribution in [3.05, 3.63) is 0 Å². The van der Waals surface area contributed by atoms with Crippen LogP contribution in [0, 0.1) is 0 Å². The summed E-state index contributed by atoms with van der Waals surface area (Å²) in [6.45, 7) is 14.7. The van der Waals surface area contributed by atoms with Gasteiger partial charge in [-0.25, -0.2) is 0 Å². The second-order valence-electron chi connectivity index (χ2n) is 4.96. The Hall–Kier alpha value is -0.200. The summed E-state index contributed by atoms with van der Waals surface area (Å²) in [6.07, 6.45) is 1.08. The lowest BCUT2D eigenvalue weighted by Gasteiger charge is -2.23. The minimum Gasteiger partial charge on any atom is -0.385 e. The van der Waals surface area contributed by atoms with Gasteiger partial charge in [0.2, 0.25) is 0 Å². The van der Waals surface area contributed by atoms with E-state index in [0.717, 1.165) is 72.0 Å². The molecule has 0 aromatic heterocycles. The molecule has 0 aromatic carbocycles. The number of methoxy groups -OCH3 is 2. The van der Waals surface area contributed by atoms with E-state index in [4.69, 9.17) is 9.47 Å². The molecule has 122 valence electrons. The fourth-order valence-electron chi connectivity index (χ4n) is 2.13. The number of nitrogens with zero attached hydrogens (tertiary/aromatic N) is 2. The van der Waals surface area contributed by atoms with Crippen molar-refractivity contribution in [2.45, 2.75) is 20.3 Å². The zero-order chi connectivity index (χ0) is 15.1. The number of likely N-dealkylation sites (N-methyl/N-ethyl adjacent to an activating group) is 1. The molecule has 0 amide bonds. The molecule has 0 bridgehead atoms. The summed E-state index contributed by atoms with van der Waals surface area (Å²) in [5.74, 6) is 0. The highest BCUT2D eigenvalue weighted by molar-refractivity contribution is 4.61. The predicted molar refractivity (Wildman–Crippen MR) is 85.5 cm³/mol. The van der Waals surface area contributed by atoms with E-state index in [1.54, 1.807) is 14.2 Å². The third kappa shape index (κ3) is 11.6. The third-order valence-electron chi connectivity index (χ3n) is 3.54. The quantitative estimate of drug-likeness (QED) is 0.453. The van der Waals surface area contributed by atoms with Crippen LogP contribution >= 0.6 is 0 Å². The van der Waals surface area contributed by atoms with Crippen molar-refractivity contribution in [2.75, 3.05) is 79.8 Å². The van der Waals surface area contributed by atoms with Gasteiger partial charge in [-0.05, 0) is 19.5 Å². The predicted octanol–water partition coefficient (Wildman–Crippen LogP) is 0.903. The lowest BCUT2D eigenvalue weighted by atomic mass is 10.3. The molecule has 0 saturated heterocycles. The summed E-state index contributed by atoms with van der Waals surface area (Å²) in [5, 5.41) is 3.53. The van der Waals surface area contributed by atoms with Crippen LogP contribution in [0.1, 0.15) is 20.3 Å². The van der Waals surface area contributed by atoms with E-state index in [1.165, 1.54) is 0 Å². The van der Waals surface area contributed by atoms with Gasteiger partial charge in [-0.15, -0.1) is 0 Å². The Morgan fingerprint density at radius 1 is 0.750 bits per heavy atom. The Balaban J connectivity index is 3.66. The van der Waals surface area contributed by atoms with Gasteiger partial charge in [0.1, 0.15) is 0 Å². The van der Waals surface area contributed by atoms with Gasteiger partial charge in [-0.1, -0.05) is 13.8 Å². The minimum atomic E-state index is 0.798. The summed E-state index contributed by atoms with van der Waals surface area (Å²) in [5.41, 5.74) is 0. The maximum atomic E-state index is 5.17. The van der Waals surface area contributed by atoms with Crippen molar-refractivity contribution >= 4 is 0 Å². The molecule has 5 heteroatoms. The van der Waals surface area contributed by atoms with E-state index in [0.29, 0.717) is 0 Å². The molecule has 0 heterocycles. The summed E-state index contributed by atoms with van der Waals surface area (Å²) in [6, 6.07) is 0. The average Bonchev–Trinajstić information content (AvgIpc) is 2.48. The van der Waals surface area contributed by atoms with Crippen molar-refractivity contribution < 1.29 is 9.47 Å². The van der Waals surface area contributed by atoms with E-state index in [9.17, 15) is 0 Å². The molecule has 0 saturated carbocycles. The van der Waals surface area contributed by atoms with Gasteiger partial charge in [0.05, 0.1) is 6.61 Å². The van der Waals surface area contributed by atoms with Crippen LogP contribution < -0.4 is 5.32 Å². The molecule has 0 spiro atoms. The first-order valence-corrected chi connectivity index (χ1v) is 7.91. The van der Waals surface area contributed by atoms with E-state index in [2.05, 4.69) is 29.0 Å². The second-order valence-corrected chi connectivity index (χ2v) is 4.96. The minimum absolute atomic E-state index is 0.798. The van der Waals surface area contributed by atoms with E-state index >= 15 is 0 Å². The molecule has 0 aromatic rings. The van der Waals surface area contributed by atoms with Crippen LogP contribution in [0.4, 0.5) is 0 Å². The largest absolute Gasteiger partial charge is 0.385 e. The number of nitrogens with one attached hydrogen (secondary N) is 1. The van der Waals surface area contributed by atoms with Crippen LogP contribution in [0.2, 0.25) is 0 Å². The number of rotatable bonds is 15. The Labute approximate surface area is 125 Å². The summed E-state index contributed by atoms with van der Waals surface area (Å²) in [7, 11) is 3.52. The van der Waals surface area contributed by atoms with Crippen LogP contribution in [-0.2, 0) is 9.47 Å². The lowest BCUT2D eigenvalue weighted by Crippen LogP contribution is -2.38.